The van der Waals surface area contributed by atoms with Crippen molar-refractivity contribution < 1.29 is 8.78 Å². The molecule has 2 nitrogen and oxygen atoms in total. The summed E-state index contributed by atoms with van der Waals surface area (Å²) in [6.45, 7) is 1.76. The Morgan fingerprint density at radius 2 is 2.40 bits per heavy atom. The lowest BCUT2D eigenvalue weighted by Crippen LogP contribution is -1.77. The molecule has 0 spiro atoms. The minimum absolute atomic E-state index is 0.313. The van der Waals surface area contributed by atoms with E-state index in [1.165, 1.54) is 23.1 Å². The van der Waals surface area contributed by atoms with E-state index in [0.29, 0.717) is 22.7 Å². The number of thioether (sulfide) groups is 1. The highest BCUT2D eigenvalue weighted by molar-refractivity contribution is 8.01. The SMILES string of the molecule is Cc1nc(SCCC=C(F)F)sc1C#N. The zero-order valence-corrected chi connectivity index (χ0v) is 9.59. The molecular weight excluding hydrogens is 238 g/mol. The van der Waals surface area contributed by atoms with Crippen LogP contribution in [0.1, 0.15) is 17.0 Å². The maximum atomic E-state index is 11.7. The zero-order valence-electron chi connectivity index (χ0n) is 7.96. The Bertz CT molecular complexity index is 403. The fourth-order valence-electron chi connectivity index (χ4n) is 0.851. The number of allylic oxidation sites excluding steroid dienone is 1. The lowest BCUT2D eigenvalue weighted by Gasteiger charge is -1.91. The minimum atomic E-state index is -1.65. The molecule has 0 saturated heterocycles. The van der Waals surface area contributed by atoms with Crippen molar-refractivity contribution in [3.05, 3.63) is 22.7 Å². The van der Waals surface area contributed by atoms with Gasteiger partial charge in [0.1, 0.15) is 10.9 Å². The van der Waals surface area contributed by atoms with E-state index >= 15 is 0 Å². The van der Waals surface area contributed by atoms with E-state index in [9.17, 15) is 8.78 Å². The molecule has 0 aromatic carbocycles. The van der Waals surface area contributed by atoms with Crippen molar-refractivity contribution in [3.63, 3.8) is 0 Å². The number of aromatic nitrogens is 1. The summed E-state index contributed by atoms with van der Waals surface area (Å²) in [5.74, 6) is 0.551. The van der Waals surface area contributed by atoms with Crippen LogP contribution in [0.2, 0.25) is 0 Å². The molecule has 0 bridgehead atoms. The normalized spacial score (nSPS) is 9.73. The van der Waals surface area contributed by atoms with E-state index in [2.05, 4.69) is 4.98 Å². The molecule has 0 fully saturated rings. The van der Waals surface area contributed by atoms with Gasteiger partial charge in [-0.15, -0.1) is 0 Å². The van der Waals surface area contributed by atoms with Gasteiger partial charge in [0.15, 0.2) is 4.34 Å². The fraction of sp³-hybridized carbons (Fsp3) is 0.333. The molecule has 0 unspecified atom stereocenters. The average molecular weight is 246 g/mol. The van der Waals surface area contributed by atoms with Crippen molar-refractivity contribution in [1.82, 2.24) is 4.98 Å². The van der Waals surface area contributed by atoms with Crippen molar-refractivity contribution >= 4 is 23.1 Å². The molecule has 0 aliphatic rings. The highest BCUT2D eigenvalue weighted by atomic mass is 32.2. The third-order valence-corrected chi connectivity index (χ3v) is 3.76. The molecule has 80 valence electrons. The summed E-state index contributed by atoms with van der Waals surface area (Å²) < 4.78 is 24.1. The number of thiazole rings is 1. The maximum absolute atomic E-state index is 11.7. The van der Waals surface area contributed by atoms with E-state index in [1.54, 1.807) is 6.92 Å². The average Bonchev–Trinajstić information content (AvgIpc) is 2.53. The molecule has 1 rings (SSSR count). The second-order valence-corrected chi connectivity index (χ2v) is 4.98. The van der Waals surface area contributed by atoms with Crippen molar-refractivity contribution in [3.8, 4) is 6.07 Å². The summed E-state index contributed by atoms with van der Waals surface area (Å²) in [7, 11) is 0. The molecule has 0 radical (unpaired) electrons. The Hall–Kier alpha value is -0.930. The van der Waals surface area contributed by atoms with Crippen molar-refractivity contribution in [2.75, 3.05) is 5.75 Å². The van der Waals surface area contributed by atoms with Crippen LogP contribution in [0.25, 0.3) is 0 Å². The molecule has 1 aromatic rings. The molecule has 0 saturated carbocycles. The van der Waals surface area contributed by atoms with Gasteiger partial charge in [-0.05, 0) is 19.4 Å². The third-order valence-electron chi connectivity index (χ3n) is 1.52. The topological polar surface area (TPSA) is 36.7 Å². The summed E-state index contributed by atoms with van der Waals surface area (Å²) >= 11 is 2.69. The van der Waals surface area contributed by atoms with Crippen LogP contribution in [0.15, 0.2) is 16.5 Å². The summed E-state index contributed by atoms with van der Waals surface area (Å²) in [5.41, 5.74) is 0.706. The Morgan fingerprint density at radius 1 is 1.67 bits per heavy atom. The number of halogens is 2. The number of nitrogens with zero attached hydrogens (tertiary/aromatic N) is 2. The van der Waals surface area contributed by atoms with Gasteiger partial charge in [0.05, 0.1) is 5.69 Å². The number of rotatable bonds is 4. The number of nitriles is 1. The van der Waals surface area contributed by atoms with Gasteiger partial charge in [0.25, 0.3) is 6.08 Å². The Labute approximate surface area is 94.6 Å². The van der Waals surface area contributed by atoms with Gasteiger partial charge in [-0.1, -0.05) is 23.1 Å². The first-order chi connectivity index (χ1) is 7.13. The molecule has 1 aromatic heterocycles. The second kappa shape index (κ2) is 5.83. The largest absolute Gasteiger partial charge is 0.266 e. The summed E-state index contributed by atoms with van der Waals surface area (Å²) in [6, 6.07) is 2.04. The summed E-state index contributed by atoms with van der Waals surface area (Å²) in [5, 5.41) is 8.68. The van der Waals surface area contributed by atoms with Crippen LogP contribution in [0, 0.1) is 18.3 Å². The van der Waals surface area contributed by atoms with E-state index < -0.39 is 6.08 Å². The third kappa shape index (κ3) is 3.98. The smallest absolute Gasteiger partial charge is 0.234 e. The molecule has 0 N–H and O–H groups in total. The van der Waals surface area contributed by atoms with Gasteiger partial charge in [-0.2, -0.15) is 14.0 Å². The molecule has 1 heterocycles. The van der Waals surface area contributed by atoms with Gasteiger partial charge in [0.2, 0.25) is 0 Å². The van der Waals surface area contributed by atoms with Crippen LogP contribution in [-0.2, 0) is 0 Å². The van der Waals surface area contributed by atoms with Crippen molar-refractivity contribution in [2.45, 2.75) is 17.7 Å². The van der Waals surface area contributed by atoms with Crippen LogP contribution < -0.4 is 0 Å². The second-order valence-electron chi connectivity index (χ2n) is 2.64. The first-order valence-corrected chi connectivity index (χ1v) is 5.95. The number of hydrogen-bond donors (Lipinski definition) is 0. The highest BCUT2D eigenvalue weighted by Crippen LogP contribution is 2.27. The Kier molecular flexibility index (Phi) is 4.72. The molecule has 15 heavy (non-hydrogen) atoms. The lowest BCUT2D eigenvalue weighted by molar-refractivity contribution is 0.418. The zero-order chi connectivity index (χ0) is 11.3. The molecular formula is C9H8F2N2S2. The minimum Gasteiger partial charge on any atom is -0.234 e. The van der Waals surface area contributed by atoms with Gasteiger partial charge in [0, 0.05) is 5.75 Å². The first-order valence-electron chi connectivity index (χ1n) is 4.15. The predicted molar refractivity (Wildman–Crippen MR) is 57.2 cm³/mol. The summed E-state index contributed by atoms with van der Waals surface area (Å²) in [6.07, 6.45) is -0.449. The molecule has 0 aliphatic heterocycles. The van der Waals surface area contributed by atoms with Gasteiger partial charge in [-0.3, -0.25) is 0 Å². The van der Waals surface area contributed by atoms with Gasteiger partial charge < -0.3 is 0 Å². The lowest BCUT2D eigenvalue weighted by atomic mass is 10.4. The number of hydrogen-bond acceptors (Lipinski definition) is 4. The molecule has 0 aliphatic carbocycles. The van der Waals surface area contributed by atoms with Gasteiger partial charge >= 0.3 is 0 Å². The van der Waals surface area contributed by atoms with E-state index in [1.807, 2.05) is 6.07 Å². The standard InChI is InChI=1S/C9H8F2N2S2/c1-6-7(5-12)15-9(13-6)14-4-2-3-8(10)11/h3H,2,4H2,1H3. The van der Waals surface area contributed by atoms with Crippen LogP contribution in [0.5, 0.6) is 0 Å². The van der Waals surface area contributed by atoms with Crippen LogP contribution in [-0.4, -0.2) is 10.7 Å². The maximum Gasteiger partial charge on any atom is 0.266 e. The first kappa shape index (κ1) is 12.1. The Morgan fingerprint density at radius 3 is 2.93 bits per heavy atom. The van der Waals surface area contributed by atoms with E-state index in [0.717, 1.165) is 10.4 Å². The Balaban J connectivity index is 2.45. The molecule has 0 atom stereocenters. The van der Waals surface area contributed by atoms with Crippen molar-refractivity contribution in [1.29, 1.82) is 5.26 Å². The van der Waals surface area contributed by atoms with Gasteiger partial charge in [-0.25, -0.2) is 4.98 Å². The fourth-order valence-corrected chi connectivity index (χ4v) is 2.80. The predicted octanol–water partition coefficient (Wildman–Crippen LogP) is 3.59. The van der Waals surface area contributed by atoms with E-state index in [4.69, 9.17) is 5.26 Å². The van der Waals surface area contributed by atoms with Crippen LogP contribution in [0.3, 0.4) is 0 Å². The van der Waals surface area contributed by atoms with Crippen LogP contribution >= 0.6 is 23.1 Å². The molecule has 6 heteroatoms. The number of aryl methyl sites for hydroxylation is 1. The van der Waals surface area contributed by atoms with Crippen LogP contribution in [0.4, 0.5) is 8.78 Å². The highest BCUT2D eigenvalue weighted by Gasteiger charge is 2.06. The van der Waals surface area contributed by atoms with Crippen molar-refractivity contribution in [2.24, 2.45) is 0 Å². The van der Waals surface area contributed by atoms with E-state index in [-0.39, 0.29) is 0 Å². The summed E-state index contributed by atoms with van der Waals surface area (Å²) in [4.78, 5) is 4.74. The monoisotopic (exact) mass is 246 g/mol. The molecule has 0 amide bonds. The quantitative estimate of drug-likeness (QED) is 0.601.